The molecule has 1 unspecified atom stereocenters. The third kappa shape index (κ3) is 6.67. The van der Waals surface area contributed by atoms with E-state index >= 15 is 0 Å². The fourth-order valence-corrected chi connectivity index (χ4v) is 3.07. The fourth-order valence-electron chi connectivity index (χ4n) is 3.07. The van der Waals surface area contributed by atoms with E-state index < -0.39 is 30.0 Å². The van der Waals surface area contributed by atoms with Crippen LogP contribution in [0.3, 0.4) is 0 Å². The smallest absolute Gasteiger partial charge is 0.416 e. The quantitative estimate of drug-likeness (QED) is 0.208. The lowest BCUT2D eigenvalue weighted by atomic mass is 10.0. The molecule has 0 aliphatic heterocycles. The monoisotopic (exact) mass is 507 g/mol. The molecule has 0 fully saturated rings. The molecular formula is C23H30FN5O7. The highest BCUT2D eigenvalue weighted by Crippen LogP contribution is 2.27. The van der Waals surface area contributed by atoms with E-state index in [0.29, 0.717) is 0 Å². The molecule has 2 rings (SSSR count). The molecule has 2 aromatic rings. The number of ether oxygens (including phenoxy) is 4. The maximum atomic E-state index is 14.6. The lowest BCUT2D eigenvalue weighted by molar-refractivity contribution is -0.125. The number of nitrogens with zero attached hydrogens (tertiary/aromatic N) is 5. The highest BCUT2D eigenvalue weighted by molar-refractivity contribution is 5.96. The van der Waals surface area contributed by atoms with Gasteiger partial charge in [-0.05, 0) is 27.7 Å². The van der Waals surface area contributed by atoms with Crippen LogP contribution in [0.2, 0.25) is 0 Å². The van der Waals surface area contributed by atoms with Crippen LogP contribution in [0, 0.1) is 18.4 Å². The highest BCUT2D eigenvalue weighted by atomic mass is 19.1. The summed E-state index contributed by atoms with van der Waals surface area (Å²) in [5.41, 5.74) is -2.04. The second-order valence-electron chi connectivity index (χ2n) is 8.64. The van der Waals surface area contributed by atoms with Gasteiger partial charge in [-0.1, -0.05) is 5.92 Å². The van der Waals surface area contributed by atoms with Gasteiger partial charge >= 0.3 is 12.2 Å². The highest BCUT2D eigenvalue weighted by Gasteiger charge is 2.31. The second kappa shape index (κ2) is 11.8. The van der Waals surface area contributed by atoms with Gasteiger partial charge in [0.1, 0.15) is 11.4 Å². The van der Waals surface area contributed by atoms with Gasteiger partial charge in [0, 0.05) is 20.1 Å². The summed E-state index contributed by atoms with van der Waals surface area (Å²) in [4.78, 5) is 37.1. The number of terminal acetylenes is 1. The Kier molecular flexibility index (Phi) is 9.32. The molecule has 0 bridgehead atoms. The van der Waals surface area contributed by atoms with Crippen LogP contribution in [0.1, 0.15) is 34.1 Å². The Morgan fingerprint density at radius 3 is 2.56 bits per heavy atom. The molecule has 2 heterocycles. The number of hydrogen-bond donors (Lipinski definition) is 1. The Morgan fingerprint density at radius 2 is 2.03 bits per heavy atom. The first kappa shape index (κ1) is 28.5. The Balaban J connectivity index is 2.61. The summed E-state index contributed by atoms with van der Waals surface area (Å²) in [7, 11) is 2.73. The lowest BCUT2D eigenvalue weighted by Crippen LogP contribution is -2.39. The maximum absolute atomic E-state index is 14.6. The molecule has 0 radical (unpaired) electrons. The first-order chi connectivity index (χ1) is 16.9. The number of carbonyl (C=O) groups excluding carboxylic acids is 2. The van der Waals surface area contributed by atoms with E-state index in [0.717, 1.165) is 4.90 Å². The molecule has 2 aromatic heterocycles. The molecule has 36 heavy (non-hydrogen) atoms. The molecule has 0 saturated carbocycles. The summed E-state index contributed by atoms with van der Waals surface area (Å²) in [6, 6.07) is 0. The van der Waals surface area contributed by atoms with Crippen molar-refractivity contribution < 1.29 is 38.0 Å². The number of fused-ring (bicyclic) bond motifs is 1. The molecule has 1 atom stereocenters. The van der Waals surface area contributed by atoms with Crippen LogP contribution in [0.5, 0.6) is 0 Å². The van der Waals surface area contributed by atoms with Crippen LogP contribution in [-0.4, -0.2) is 75.8 Å². The van der Waals surface area contributed by atoms with Gasteiger partial charge in [-0.2, -0.15) is 14.4 Å². The molecule has 12 nitrogen and oxygen atoms in total. The van der Waals surface area contributed by atoms with Crippen molar-refractivity contribution >= 4 is 29.5 Å². The predicted molar refractivity (Wildman–Crippen MR) is 126 cm³/mol. The number of rotatable bonds is 11. The molecule has 0 spiro atoms. The van der Waals surface area contributed by atoms with Gasteiger partial charge in [0.05, 0.1) is 26.6 Å². The minimum absolute atomic E-state index is 0.0354. The molecule has 196 valence electrons. The Labute approximate surface area is 208 Å². The Morgan fingerprint density at radius 1 is 1.33 bits per heavy atom. The number of halogens is 1. The number of allylic oxidation sites excluding steroid dienone is 1. The largest absolute Gasteiger partial charge is 0.498 e. The number of carbonyl (C=O) groups is 2. The number of imidazole rings is 1. The lowest BCUT2D eigenvalue weighted by Gasteiger charge is -2.27. The normalized spacial score (nSPS) is 13.9. The van der Waals surface area contributed by atoms with Crippen molar-refractivity contribution in [2.75, 3.05) is 32.3 Å². The molecule has 1 amide bonds. The number of anilines is 1. The van der Waals surface area contributed by atoms with Gasteiger partial charge in [-0.3, -0.25) is 9.69 Å². The van der Waals surface area contributed by atoms with Gasteiger partial charge in [0.25, 0.3) is 6.47 Å². The molecule has 0 saturated heterocycles. The third-order valence-electron chi connectivity index (χ3n) is 5.14. The van der Waals surface area contributed by atoms with Crippen LogP contribution in [0.15, 0.2) is 17.8 Å². The maximum Gasteiger partial charge on any atom is 0.416 e. The standard InChI is InChI=1S/C23H30FN5O7/c1-8-23(12-30,34-7)9-10-28-13-25-17-18(28)26-20(24)27-19(17)29(21(32)36-22(3,4)5)11-16(35-14-31)15(2)33-6/h1,13-14,30H,9-12H2,2-7H3/b16-15-. The SMILES string of the molecule is C#CC(CO)(CCn1cnc2c(N(C/C(OC=O)=C(\C)OC)C(=O)OC(C)(C)C)nc(F)nc21)OC. The average Bonchev–Trinajstić information content (AvgIpc) is 3.23. The summed E-state index contributed by atoms with van der Waals surface area (Å²) < 4.78 is 37.0. The van der Waals surface area contributed by atoms with E-state index in [1.165, 1.54) is 32.0 Å². The van der Waals surface area contributed by atoms with Crippen molar-refractivity contribution in [1.29, 1.82) is 0 Å². The van der Waals surface area contributed by atoms with E-state index in [-0.39, 0.29) is 54.5 Å². The number of aliphatic hydroxyl groups is 1. The van der Waals surface area contributed by atoms with Gasteiger partial charge < -0.3 is 28.6 Å². The minimum atomic E-state index is -1.25. The molecule has 0 aromatic carbocycles. The van der Waals surface area contributed by atoms with Crippen molar-refractivity contribution in [2.45, 2.75) is 51.9 Å². The Hall–Kier alpha value is -3.76. The van der Waals surface area contributed by atoms with Crippen molar-refractivity contribution in [1.82, 2.24) is 19.5 Å². The first-order valence-corrected chi connectivity index (χ1v) is 10.8. The number of aryl methyl sites for hydroxylation is 1. The first-order valence-electron chi connectivity index (χ1n) is 10.8. The molecule has 13 heteroatoms. The van der Waals surface area contributed by atoms with Gasteiger partial charge in [-0.25, -0.2) is 9.78 Å². The molecular weight excluding hydrogens is 477 g/mol. The number of aliphatic hydroxyl groups excluding tert-OH is 1. The van der Waals surface area contributed by atoms with Crippen molar-refractivity contribution in [3.8, 4) is 12.3 Å². The Bertz CT molecular complexity index is 1160. The summed E-state index contributed by atoms with van der Waals surface area (Å²) >= 11 is 0. The van der Waals surface area contributed by atoms with Crippen molar-refractivity contribution in [2.24, 2.45) is 0 Å². The van der Waals surface area contributed by atoms with E-state index in [9.17, 15) is 19.1 Å². The number of hydrogen-bond acceptors (Lipinski definition) is 10. The molecule has 1 N–H and O–H groups in total. The minimum Gasteiger partial charge on any atom is -0.498 e. The van der Waals surface area contributed by atoms with Crippen LogP contribution in [0.4, 0.5) is 15.0 Å². The predicted octanol–water partition coefficient (Wildman–Crippen LogP) is 2.16. The van der Waals surface area contributed by atoms with E-state index in [1.807, 2.05) is 0 Å². The van der Waals surface area contributed by atoms with Gasteiger partial charge in [0.2, 0.25) is 0 Å². The van der Waals surface area contributed by atoms with Gasteiger partial charge in [0.15, 0.2) is 28.3 Å². The summed E-state index contributed by atoms with van der Waals surface area (Å²) in [6.07, 6.45) is 4.98. The third-order valence-corrected chi connectivity index (χ3v) is 5.14. The number of amides is 1. The van der Waals surface area contributed by atoms with E-state index in [2.05, 4.69) is 20.9 Å². The van der Waals surface area contributed by atoms with Crippen LogP contribution < -0.4 is 4.90 Å². The number of methoxy groups -OCH3 is 2. The zero-order valence-electron chi connectivity index (χ0n) is 21.1. The van der Waals surface area contributed by atoms with Crippen LogP contribution in [-0.2, 0) is 30.3 Å². The number of aromatic nitrogens is 4. The van der Waals surface area contributed by atoms with E-state index in [4.69, 9.17) is 25.4 Å². The van der Waals surface area contributed by atoms with Crippen LogP contribution >= 0.6 is 0 Å². The summed E-state index contributed by atoms with van der Waals surface area (Å²) in [5.74, 6) is 2.35. The van der Waals surface area contributed by atoms with E-state index in [1.54, 1.807) is 20.8 Å². The van der Waals surface area contributed by atoms with Crippen molar-refractivity contribution in [3.05, 3.63) is 23.9 Å². The molecule has 0 aliphatic carbocycles. The van der Waals surface area contributed by atoms with Crippen LogP contribution in [0.25, 0.3) is 11.2 Å². The summed E-state index contributed by atoms with van der Waals surface area (Å²) in [6.45, 7) is 5.99. The topological polar surface area (TPSA) is 138 Å². The zero-order valence-corrected chi connectivity index (χ0v) is 21.1. The fraction of sp³-hybridized carbons (Fsp3) is 0.522. The van der Waals surface area contributed by atoms with Gasteiger partial charge in [-0.15, -0.1) is 6.42 Å². The second-order valence-corrected chi connectivity index (χ2v) is 8.64. The van der Waals surface area contributed by atoms with Crippen molar-refractivity contribution in [3.63, 3.8) is 0 Å². The summed E-state index contributed by atoms with van der Waals surface area (Å²) in [5, 5.41) is 9.64. The zero-order chi connectivity index (χ0) is 27.1. The molecule has 0 aliphatic rings. The average molecular weight is 508 g/mol.